The van der Waals surface area contributed by atoms with Crippen molar-refractivity contribution in [1.29, 1.82) is 0 Å². The number of ether oxygens (including phenoxy) is 2. The standard InChI is InChI=1S/C16H11I3O7S/c17-9-1-3-10(4-2-9)25-14(20)5-6-15(21)26-11-7-12(18)16(13(19)8-11)27(22,23)24/h1-4,7-8H,5-6H2,(H,22,23,24)/p-1. The summed E-state index contributed by atoms with van der Waals surface area (Å²) in [5.74, 6) is -0.788. The average molecular weight is 727 g/mol. The van der Waals surface area contributed by atoms with Gasteiger partial charge in [-0.3, -0.25) is 9.59 Å². The fourth-order valence-corrected chi connectivity index (χ4v) is 6.19. The van der Waals surface area contributed by atoms with E-state index in [4.69, 9.17) is 9.47 Å². The third-order valence-electron chi connectivity index (χ3n) is 3.03. The molecule has 0 heterocycles. The first-order valence-electron chi connectivity index (χ1n) is 7.18. The molecule has 0 atom stereocenters. The minimum absolute atomic E-state index is 0.0900. The summed E-state index contributed by atoms with van der Waals surface area (Å²) in [7, 11) is -4.63. The van der Waals surface area contributed by atoms with Gasteiger partial charge in [-0.05, 0) is 104 Å². The lowest BCUT2D eigenvalue weighted by atomic mass is 10.3. The van der Waals surface area contributed by atoms with Gasteiger partial charge in [-0.2, -0.15) is 0 Å². The van der Waals surface area contributed by atoms with Gasteiger partial charge in [0.1, 0.15) is 21.6 Å². The molecule has 0 aromatic heterocycles. The average Bonchev–Trinajstić information content (AvgIpc) is 2.53. The van der Waals surface area contributed by atoms with Crippen LogP contribution in [0.2, 0.25) is 0 Å². The van der Waals surface area contributed by atoms with E-state index in [0.717, 1.165) is 3.57 Å². The smallest absolute Gasteiger partial charge is 0.311 e. The van der Waals surface area contributed by atoms with Crippen molar-refractivity contribution >= 4 is 89.8 Å². The topological polar surface area (TPSA) is 110 Å². The number of carbonyl (C=O) groups excluding carboxylic acids is 2. The van der Waals surface area contributed by atoms with Gasteiger partial charge in [0, 0.05) is 10.7 Å². The molecule has 0 saturated carbocycles. The molecule has 0 N–H and O–H groups in total. The zero-order valence-corrected chi connectivity index (χ0v) is 20.6. The Hall–Kier alpha value is -0.520. The van der Waals surface area contributed by atoms with Crippen LogP contribution in [0.1, 0.15) is 12.8 Å². The number of esters is 2. The SMILES string of the molecule is O=C(CCC(=O)Oc1cc(I)c(S(=O)(=O)[O-])c(I)c1)Oc1ccc(I)cc1. The predicted molar refractivity (Wildman–Crippen MR) is 120 cm³/mol. The number of hydrogen-bond acceptors (Lipinski definition) is 7. The van der Waals surface area contributed by atoms with Crippen LogP contribution in [0, 0.1) is 10.7 Å². The Balaban J connectivity index is 1.94. The normalized spacial score (nSPS) is 11.1. The Morgan fingerprint density at radius 3 is 1.74 bits per heavy atom. The first-order chi connectivity index (χ1) is 12.6. The zero-order chi connectivity index (χ0) is 20.2. The first-order valence-corrected chi connectivity index (χ1v) is 11.8. The van der Waals surface area contributed by atoms with E-state index in [1.54, 1.807) is 69.4 Å². The fourth-order valence-electron chi connectivity index (χ4n) is 1.91. The van der Waals surface area contributed by atoms with Crippen LogP contribution < -0.4 is 9.47 Å². The molecule has 2 aromatic carbocycles. The maximum Gasteiger partial charge on any atom is 0.311 e. The highest BCUT2D eigenvalue weighted by molar-refractivity contribution is 14.1. The minimum atomic E-state index is -4.63. The third-order valence-corrected chi connectivity index (χ3v) is 7.12. The number of halogens is 3. The second kappa shape index (κ2) is 9.80. The predicted octanol–water partition coefficient (Wildman–Crippen LogP) is 3.70. The molecule has 0 aliphatic heterocycles. The molecule has 0 aliphatic carbocycles. The molecule has 0 unspecified atom stereocenters. The molecule has 11 heteroatoms. The Kier molecular flexibility index (Phi) is 8.26. The van der Waals surface area contributed by atoms with Crippen molar-refractivity contribution in [2.45, 2.75) is 17.7 Å². The summed E-state index contributed by atoms with van der Waals surface area (Å²) in [6, 6.07) is 9.41. The van der Waals surface area contributed by atoms with Crippen molar-refractivity contribution in [2.75, 3.05) is 0 Å². The Labute approximate surface area is 196 Å². The van der Waals surface area contributed by atoms with Crippen molar-refractivity contribution in [3.63, 3.8) is 0 Å². The number of rotatable bonds is 6. The van der Waals surface area contributed by atoms with Crippen LogP contribution >= 0.6 is 67.8 Å². The van der Waals surface area contributed by atoms with E-state index in [2.05, 4.69) is 22.6 Å². The van der Waals surface area contributed by atoms with Gasteiger partial charge in [0.2, 0.25) is 0 Å². The molecule has 2 rings (SSSR count). The molecule has 0 radical (unpaired) electrons. The molecular formula is C16H10I3O7S-. The number of carbonyl (C=O) groups is 2. The van der Waals surface area contributed by atoms with Crippen molar-refractivity contribution in [3.05, 3.63) is 47.1 Å². The molecule has 144 valence electrons. The fraction of sp³-hybridized carbons (Fsp3) is 0.125. The van der Waals surface area contributed by atoms with Crippen molar-refractivity contribution in [1.82, 2.24) is 0 Å². The lowest BCUT2D eigenvalue weighted by Crippen LogP contribution is -2.14. The summed E-state index contributed by atoms with van der Waals surface area (Å²) in [6.07, 6.45) is -0.385. The number of benzene rings is 2. The highest BCUT2D eigenvalue weighted by Gasteiger charge is 2.16. The lowest BCUT2D eigenvalue weighted by Gasteiger charge is -2.13. The maximum atomic E-state index is 11.9. The molecule has 0 fully saturated rings. The van der Waals surface area contributed by atoms with Crippen LogP contribution in [0.5, 0.6) is 11.5 Å². The van der Waals surface area contributed by atoms with E-state index in [9.17, 15) is 22.6 Å². The van der Waals surface area contributed by atoms with E-state index < -0.39 is 22.1 Å². The van der Waals surface area contributed by atoms with Crippen molar-refractivity contribution in [2.24, 2.45) is 0 Å². The Morgan fingerprint density at radius 2 is 1.30 bits per heavy atom. The molecular weight excluding hydrogens is 717 g/mol. The minimum Gasteiger partial charge on any atom is -0.744 e. The van der Waals surface area contributed by atoms with Gasteiger partial charge in [-0.1, -0.05) is 0 Å². The molecule has 2 aromatic rings. The van der Waals surface area contributed by atoms with Crippen LogP contribution in [0.3, 0.4) is 0 Å². The van der Waals surface area contributed by atoms with Crippen LogP contribution in [0.15, 0.2) is 41.3 Å². The summed E-state index contributed by atoms with van der Waals surface area (Å²) in [4.78, 5) is 23.3. The van der Waals surface area contributed by atoms with Crippen LogP contribution in [0.4, 0.5) is 0 Å². The molecule has 0 amide bonds. The van der Waals surface area contributed by atoms with Crippen molar-refractivity contribution < 1.29 is 32.0 Å². The number of hydrogen-bond donors (Lipinski definition) is 0. The molecule has 0 aliphatic rings. The van der Waals surface area contributed by atoms with Crippen LogP contribution in [-0.2, 0) is 19.7 Å². The van der Waals surface area contributed by atoms with Crippen molar-refractivity contribution in [3.8, 4) is 11.5 Å². The van der Waals surface area contributed by atoms with Gasteiger partial charge in [0.25, 0.3) is 0 Å². The molecule has 7 nitrogen and oxygen atoms in total. The van der Waals surface area contributed by atoms with Gasteiger partial charge in [-0.25, -0.2) is 8.42 Å². The molecule has 0 bridgehead atoms. The first kappa shape index (κ1) is 22.8. The van der Waals surface area contributed by atoms with E-state index in [0.29, 0.717) is 5.75 Å². The van der Waals surface area contributed by atoms with E-state index in [1.807, 2.05) is 0 Å². The summed E-state index contributed by atoms with van der Waals surface area (Å²) < 4.78 is 45.2. The van der Waals surface area contributed by atoms with Gasteiger partial charge in [0.05, 0.1) is 17.7 Å². The summed E-state index contributed by atoms with van der Waals surface area (Å²) in [5, 5.41) is 0. The van der Waals surface area contributed by atoms with Crippen LogP contribution in [0.25, 0.3) is 0 Å². The molecule has 0 saturated heterocycles. The molecule has 0 spiro atoms. The quantitative estimate of drug-likeness (QED) is 0.193. The van der Waals surface area contributed by atoms with E-state index in [1.165, 1.54) is 12.1 Å². The van der Waals surface area contributed by atoms with Gasteiger partial charge < -0.3 is 14.0 Å². The van der Waals surface area contributed by atoms with E-state index in [-0.39, 0.29) is 30.6 Å². The largest absolute Gasteiger partial charge is 0.744 e. The second-order valence-corrected chi connectivity index (χ2v) is 9.96. The lowest BCUT2D eigenvalue weighted by molar-refractivity contribution is -0.140. The zero-order valence-electron chi connectivity index (χ0n) is 13.3. The Morgan fingerprint density at radius 1 is 0.852 bits per heavy atom. The van der Waals surface area contributed by atoms with Crippen LogP contribution in [-0.4, -0.2) is 24.9 Å². The summed E-state index contributed by atoms with van der Waals surface area (Å²) in [5.41, 5.74) is 0. The van der Waals surface area contributed by atoms with Gasteiger partial charge in [-0.15, -0.1) is 0 Å². The highest BCUT2D eigenvalue weighted by Crippen LogP contribution is 2.29. The monoisotopic (exact) mass is 727 g/mol. The van der Waals surface area contributed by atoms with Gasteiger partial charge >= 0.3 is 11.9 Å². The maximum absolute atomic E-state index is 11.9. The summed E-state index contributed by atoms with van der Waals surface area (Å²) in [6.45, 7) is 0. The third kappa shape index (κ3) is 7.10. The second-order valence-electron chi connectivity index (χ2n) is 5.07. The highest BCUT2D eigenvalue weighted by atomic mass is 127. The van der Waals surface area contributed by atoms with Gasteiger partial charge in [0.15, 0.2) is 0 Å². The molecule has 27 heavy (non-hydrogen) atoms. The van der Waals surface area contributed by atoms with E-state index >= 15 is 0 Å². The summed E-state index contributed by atoms with van der Waals surface area (Å²) >= 11 is 5.48. The Bertz CT molecular complexity index is 949.